The van der Waals surface area contributed by atoms with E-state index in [0.717, 1.165) is 6.54 Å². The molecule has 8 nitrogen and oxygen atoms in total. The van der Waals surface area contributed by atoms with E-state index in [9.17, 15) is 18.8 Å². The first-order chi connectivity index (χ1) is 17.4. The van der Waals surface area contributed by atoms with Crippen LogP contribution < -0.4 is 15.4 Å². The molecule has 5 rings (SSSR count). The fourth-order valence-electron chi connectivity index (χ4n) is 4.77. The maximum atomic E-state index is 13.4. The zero-order valence-corrected chi connectivity index (χ0v) is 20.2. The molecule has 3 atom stereocenters. The Morgan fingerprint density at radius 1 is 1.08 bits per heavy atom. The van der Waals surface area contributed by atoms with Crippen molar-refractivity contribution in [1.29, 1.82) is 0 Å². The molecule has 0 spiro atoms. The van der Waals surface area contributed by atoms with Crippen LogP contribution in [0.5, 0.6) is 5.75 Å². The van der Waals surface area contributed by atoms with Gasteiger partial charge in [-0.25, -0.2) is 4.39 Å². The van der Waals surface area contributed by atoms with Gasteiger partial charge in [0.25, 0.3) is 11.8 Å². The average molecular weight is 496 g/mol. The van der Waals surface area contributed by atoms with Crippen molar-refractivity contribution in [3.8, 4) is 5.75 Å². The Morgan fingerprint density at radius 2 is 1.86 bits per heavy atom. The molecule has 1 saturated heterocycles. The molecule has 1 saturated carbocycles. The molecule has 36 heavy (non-hydrogen) atoms. The Labute approximate surface area is 209 Å². The van der Waals surface area contributed by atoms with Crippen molar-refractivity contribution in [2.24, 2.45) is 5.92 Å². The highest BCUT2D eigenvalue weighted by Gasteiger charge is 2.39. The second-order valence-electron chi connectivity index (χ2n) is 9.79. The zero-order chi connectivity index (χ0) is 25.2. The van der Waals surface area contributed by atoms with Crippen LogP contribution in [0.15, 0.2) is 42.5 Å². The molecule has 0 radical (unpaired) electrons. The minimum Gasteiger partial charge on any atom is -0.490 e. The van der Waals surface area contributed by atoms with Gasteiger partial charge in [0.15, 0.2) is 0 Å². The van der Waals surface area contributed by atoms with Crippen molar-refractivity contribution in [2.45, 2.75) is 50.4 Å². The lowest BCUT2D eigenvalue weighted by Gasteiger charge is -2.42. The molecule has 1 aliphatic carbocycles. The van der Waals surface area contributed by atoms with Crippen LogP contribution in [0.2, 0.25) is 0 Å². The summed E-state index contributed by atoms with van der Waals surface area (Å²) < 4.78 is 25.4. The van der Waals surface area contributed by atoms with Gasteiger partial charge in [-0.05, 0) is 74.1 Å². The number of likely N-dealkylation sites (N-methyl/N-ethyl adjacent to an activating group) is 1. The van der Waals surface area contributed by atoms with Crippen LogP contribution in [0.25, 0.3) is 0 Å². The number of carbonyl (C=O) groups is 3. The number of rotatable bonds is 6. The van der Waals surface area contributed by atoms with Crippen LogP contribution in [0.1, 0.15) is 52.8 Å². The van der Waals surface area contributed by atoms with Crippen LogP contribution >= 0.6 is 0 Å². The highest BCUT2D eigenvalue weighted by molar-refractivity contribution is 6.05. The molecule has 2 aromatic rings. The highest BCUT2D eigenvalue weighted by atomic mass is 19.1. The Bertz CT molecular complexity index is 1150. The van der Waals surface area contributed by atoms with Crippen molar-refractivity contribution in [1.82, 2.24) is 10.2 Å². The van der Waals surface area contributed by atoms with E-state index < -0.39 is 11.7 Å². The average Bonchev–Trinajstić information content (AvgIpc) is 3.70. The summed E-state index contributed by atoms with van der Waals surface area (Å²) in [5.41, 5.74) is 1.08. The van der Waals surface area contributed by atoms with Gasteiger partial charge in [0.05, 0.1) is 24.1 Å². The molecule has 0 unspecified atom stereocenters. The van der Waals surface area contributed by atoms with Gasteiger partial charge in [0, 0.05) is 24.8 Å². The first kappa shape index (κ1) is 24.2. The molecule has 2 N–H and O–H groups in total. The van der Waals surface area contributed by atoms with Gasteiger partial charge in [-0.3, -0.25) is 14.4 Å². The normalized spacial score (nSPS) is 23.4. The van der Waals surface area contributed by atoms with Gasteiger partial charge < -0.3 is 25.0 Å². The minimum atomic E-state index is -0.424. The van der Waals surface area contributed by atoms with Crippen molar-refractivity contribution in [3.05, 3.63) is 59.4 Å². The summed E-state index contributed by atoms with van der Waals surface area (Å²) in [5.74, 6) is -0.0370. The lowest BCUT2D eigenvalue weighted by atomic mass is 9.94. The highest BCUT2D eigenvalue weighted by Crippen LogP contribution is 2.33. The summed E-state index contributed by atoms with van der Waals surface area (Å²) in [7, 11) is 1.74. The SMILES string of the molecule is CN1C(=O)c2cc(NC(=O)c3ccc(F)cc3)ccc2OC[C@H]2O[C@@H](CC(=O)NCC3CC3)CC[C@@H]21. The van der Waals surface area contributed by atoms with E-state index in [4.69, 9.17) is 9.47 Å². The van der Waals surface area contributed by atoms with Gasteiger partial charge in [-0.1, -0.05) is 0 Å². The summed E-state index contributed by atoms with van der Waals surface area (Å²) >= 11 is 0. The van der Waals surface area contributed by atoms with Gasteiger partial charge in [-0.15, -0.1) is 0 Å². The number of nitrogens with one attached hydrogen (secondary N) is 2. The largest absolute Gasteiger partial charge is 0.490 e. The fraction of sp³-hybridized carbons (Fsp3) is 0.444. The van der Waals surface area contributed by atoms with E-state index in [1.54, 1.807) is 30.1 Å². The van der Waals surface area contributed by atoms with E-state index in [1.165, 1.54) is 37.1 Å². The number of nitrogens with zero attached hydrogens (tertiary/aromatic N) is 1. The van der Waals surface area contributed by atoms with E-state index in [0.29, 0.717) is 47.7 Å². The van der Waals surface area contributed by atoms with Gasteiger partial charge >= 0.3 is 0 Å². The predicted octanol–water partition coefficient (Wildman–Crippen LogP) is 3.37. The predicted molar refractivity (Wildman–Crippen MR) is 130 cm³/mol. The standard InChI is InChI=1S/C27H30FN3O5/c1-31-22-10-9-20(13-25(32)29-14-16-2-3-16)36-24(22)15-35-23-11-8-19(12-21(23)27(31)34)30-26(33)17-4-6-18(28)7-5-17/h4-8,11-12,16,20,22,24H,2-3,9-10,13-15H2,1H3,(H,29,32)(H,30,33)/t20-,22+,24-/m1/s1. The van der Waals surface area contributed by atoms with Crippen molar-refractivity contribution >= 4 is 23.4 Å². The number of anilines is 1. The number of halogens is 1. The van der Waals surface area contributed by atoms with Crippen LogP contribution in [0.3, 0.4) is 0 Å². The molecular weight excluding hydrogens is 465 g/mol. The Hall–Kier alpha value is -3.46. The molecule has 2 aromatic carbocycles. The van der Waals surface area contributed by atoms with Crippen LogP contribution in [0, 0.1) is 11.7 Å². The third-order valence-electron chi connectivity index (χ3n) is 7.07. The second-order valence-corrected chi connectivity index (χ2v) is 9.79. The fourth-order valence-corrected chi connectivity index (χ4v) is 4.77. The van der Waals surface area contributed by atoms with E-state index in [-0.39, 0.29) is 36.7 Å². The van der Waals surface area contributed by atoms with E-state index >= 15 is 0 Å². The zero-order valence-electron chi connectivity index (χ0n) is 20.2. The number of hydrogen-bond acceptors (Lipinski definition) is 5. The summed E-state index contributed by atoms with van der Waals surface area (Å²) in [5, 5.41) is 5.74. The third kappa shape index (κ3) is 5.51. The maximum absolute atomic E-state index is 13.4. The molecule has 2 fully saturated rings. The number of benzene rings is 2. The maximum Gasteiger partial charge on any atom is 0.257 e. The summed E-state index contributed by atoms with van der Waals surface area (Å²) in [6.07, 6.45) is 3.50. The molecule has 9 heteroatoms. The molecule has 0 aromatic heterocycles. The van der Waals surface area contributed by atoms with Crippen molar-refractivity contribution in [3.63, 3.8) is 0 Å². The molecule has 2 heterocycles. The van der Waals surface area contributed by atoms with Crippen molar-refractivity contribution < 1.29 is 28.2 Å². The second kappa shape index (κ2) is 10.3. The Balaban J connectivity index is 1.25. The third-order valence-corrected chi connectivity index (χ3v) is 7.07. The van der Waals surface area contributed by atoms with Gasteiger partial charge in [0.1, 0.15) is 24.3 Å². The first-order valence-electron chi connectivity index (χ1n) is 12.4. The van der Waals surface area contributed by atoms with Crippen LogP contribution in [-0.2, 0) is 9.53 Å². The summed E-state index contributed by atoms with van der Waals surface area (Å²) in [6, 6.07) is 9.93. The van der Waals surface area contributed by atoms with Crippen molar-refractivity contribution in [2.75, 3.05) is 25.5 Å². The number of carbonyl (C=O) groups excluding carboxylic acids is 3. The van der Waals surface area contributed by atoms with Gasteiger partial charge in [0.2, 0.25) is 5.91 Å². The summed E-state index contributed by atoms with van der Waals surface area (Å²) in [4.78, 5) is 39.9. The Morgan fingerprint density at radius 3 is 2.61 bits per heavy atom. The van der Waals surface area contributed by atoms with Crippen LogP contribution in [0.4, 0.5) is 10.1 Å². The topological polar surface area (TPSA) is 97.0 Å². The Kier molecular flexibility index (Phi) is 6.91. The quantitative estimate of drug-likeness (QED) is 0.641. The molecule has 0 bridgehead atoms. The monoisotopic (exact) mass is 495 g/mol. The molecule has 190 valence electrons. The van der Waals surface area contributed by atoms with E-state index in [1.807, 2.05) is 0 Å². The molecule has 2 aliphatic heterocycles. The smallest absolute Gasteiger partial charge is 0.257 e. The number of ether oxygens (including phenoxy) is 2. The van der Waals surface area contributed by atoms with Gasteiger partial charge in [-0.2, -0.15) is 0 Å². The minimum absolute atomic E-state index is 0.00195. The summed E-state index contributed by atoms with van der Waals surface area (Å²) in [6.45, 7) is 0.984. The molecule has 3 aliphatic rings. The molecular formula is C27H30FN3O5. The van der Waals surface area contributed by atoms with E-state index in [2.05, 4.69) is 10.6 Å². The lowest BCUT2D eigenvalue weighted by molar-refractivity contribution is -0.134. The number of fused-ring (bicyclic) bond motifs is 2. The lowest BCUT2D eigenvalue weighted by Crippen LogP contribution is -2.54. The number of hydrogen-bond donors (Lipinski definition) is 2. The van der Waals surface area contributed by atoms with Crippen LogP contribution in [-0.4, -0.2) is 61.1 Å². The first-order valence-corrected chi connectivity index (χ1v) is 12.4. The number of amides is 3. The molecule has 3 amide bonds.